The molecular formula is C24H20ClF3N8O. The minimum absolute atomic E-state index is 0.249. The number of likely N-dealkylation sites (tertiary alicyclic amines) is 1. The molecule has 0 atom stereocenters. The Morgan fingerprint density at radius 1 is 1.11 bits per heavy atom. The number of halogens is 4. The summed E-state index contributed by atoms with van der Waals surface area (Å²) in [7, 11) is 1.70. The molecule has 1 fully saturated rings. The number of pyridine rings is 1. The SMILES string of the molecule is Cn1c(Nc2cc(CN3CCC3)cc(C(F)(F)F)c2)nc2ncc(Oc3cnn4ccncc34)c(Cl)c21. The van der Waals surface area contributed by atoms with E-state index in [2.05, 4.69) is 30.3 Å². The van der Waals surface area contributed by atoms with Crippen molar-refractivity contribution >= 4 is 39.9 Å². The van der Waals surface area contributed by atoms with Crippen LogP contribution in [0.3, 0.4) is 0 Å². The quantitative estimate of drug-likeness (QED) is 0.315. The Morgan fingerprint density at radius 2 is 1.95 bits per heavy atom. The van der Waals surface area contributed by atoms with Crippen LogP contribution in [0.25, 0.3) is 16.7 Å². The van der Waals surface area contributed by atoms with E-state index >= 15 is 0 Å². The summed E-state index contributed by atoms with van der Waals surface area (Å²) in [5, 5.41) is 7.47. The number of hydrogen-bond donors (Lipinski definition) is 1. The minimum atomic E-state index is -4.47. The van der Waals surface area contributed by atoms with Crippen molar-refractivity contribution in [3.63, 3.8) is 0 Å². The highest BCUT2D eigenvalue weighted by Crippen LogP contribution is 2.37. The van der Waals surface area contributed by atoms with Crippen LogP contribution in [0.1, 0.15) is 17.5 Å². The Morgan fingerprint density at radius 3 is 2.70 bits per heavy atom. The lowest BCUT2D eigenvalue weighted by Gasteiger charge is -2.31. The molecule has 4 aromatic heterocycles. The Hall–Kier alpha value is -3.90. The largest absolute Gasteiger partial charge is 0.450 e. The first-order chi connectivity index (χ1) is 17.8. The van der Waals surface area contributed by atoms with Gasteiger partial charge >= 0.3 is 6.18 Å². The van der Waals surface area contributed by atoms with E-state index in [1.54, 1.807) is 47.0 Å². The van der Waals surface area contributed by atoms with Crippen molar-refractivity contribution < 1.29 is 17.9 Å². The summed E-state index contributed by atoms with van der Waals surface area (Å²) in [6, 6.07) is 3.97. The zero-order valence-electron chi connectivity index (χ0n) is 19.5. The monoisotopic (exact) mass is 528 g/mol. The Balaban J connectivity index is 1.33. The third kappa shape index (κ3) is 4.42. The molecule has 0 amide bonds. The van der Waals surface area contributed by atoms with Crippen molar-refractivity contribution in [2.24, 2.45) is 7.05 Å². The number of imidazole rings is 1. The molecule has 1 aromatic carbocycles. The topological polar surface area (TPSA) is 85.4 Å². The number of alkyl halides is 3. The number of nitrogens with one attached hydrogen (secondary N) is 1. The van der Waals surface area contributed by atoms with E-state index < -0.39 is 11.7 Å². The molecule has 5 aromatic rings. The normalized spacial score (nSPS) is 14.3. The highest BCUT2D eigenvalue weighted by molar-refractivity contribution is 6.36. The van der Waals surface area contributed by atoms with E-state index in [0.29, 0.717) is 34.5 Å². The van der Waals surface area contributed by atoms with Crippen molar-refractivity contribution in [2.45, 2.75) is 19.1 Å². The van der Waals surface area contributed by atoms with Crippen LogP contribution in [0.5, 0.6) is 11.5 Å². The number of nitrogens with zero attached hydrogens (tertiary/aromatic N) is 7. The predicted octanol–water partition coefficient (Wildman–Crippen LogP) is 5.42. The second kappa shape index (κ2) is 8.89. The molecule has 0 radical (unpaired) electrons. The number of ether oxygens (including phenoxy) is 1. The van der Waals surface area contributed by atoms with Crippen LogP contribution in [-0.2, 0) is 19.8 Å². The maximum atomic E-state index is 13.6. The summed E-state index contributed by atoms with van der Waals surface area (Å²) in [4.78, 5) is 15.0. The van der Waals surface area contributed by atoms with Gasteiger partial charge in [0.05, 0.1) is 24.2 Å². The lowest BCUT2D eigenvalue weighted by molar-refractivity contribution is -0.137. The average Bonchev–Trinajstić information content (AvgIpc) is 3.39. The predicted molar refractivity (Wildman–Crippen MR) is 131 cm³/mol. The number of aromatic nitrogens is 6. The molecule has 9 nitrogen and oxygen atoms in total. The molecule has 1 aliphatic rings. The van der Waals surface area contributed by atoms with Crippen molar-refractivity contribution in [1.82, 2.24) is 34.0 Å². The molecule has 13 heteroatoms. The van der Waals surface area contributed by atoms with Crippen LogP contribution in [-0.4, -0.2) is 47.1 Å². The van der Waals surface area contributed by atoms with Gasteiger partial charge < -0.3 is 14.6 Å². The van der Waals surface area contributed by atoms with Gasteiger partial charge in [0.15, 0.2) is 17.1 Å². The lowest BCUT2D eigenvalue weighted by atomic mass is 10.1. The third-order valence-corrected chi connectivity index (χ3v) is 6.61. The smallest absolute Gasteiger partial charge is 0.416 e. The fraction of sp³-hybridized carbons (Fsp3) is 0.250. The van der Waals surface area contributed by atoms with Crippen LogP contribution in [0.15, 0.2) is 49.2 Å². The summed E-state index contributed by atoms with van der Waals surface area (Å²) in [6.07, 6.45) is 4.46. The second-order valence-corrected chi connectivity index (χ2v) is 9.17. The van der Waals surface area contributed by atoms with Gasteiger partial charge in [0.25, 0.3) is 0 Å². The van der Waals surface area contributed by atoms with Crippen molar-refractivity contribution in [1.29, 1.82) is 0 Å². The maximum absolute atomic E-state index is 13.6. The first kappa shape index (κ1) is 23.5. The molecule has 0 aliphatic carbocycles. The van der Waals surface area contributed by atoms with Gasteiger partial charge in [-0.05, 0) is 43.3 Å². The summed E-state index contributed by atoms with van der Waals surface area (Å²) >= 11 is 6.67. The van der Waals surface area contributed by atoms with Crippen LogP contribution < -0.4 is 10.1 Å². The maximum Gasteiger partial charge on any atom is 0.416 e. The highest BCUT2D eigenvalue weighted by Gasteiger charge is 2.32. The fourth-order valence-electron chi connectivity index (χ4n) is 4.25. The number of fused-ring (bicyclic) bond motifs is 2. The van der Waals surface area contributed by atoms with Gasteiger partial charge in [0.2, 0.25) is 5.95 Å². The van der Waals surface area contributed by atoms with Crippen molar-refractivity contribution in [3.8, 4) is 11.5 Å². The van der Waals surface area contributed by atoms with Gasteiger partial charge in [0, 0.05) is 31.7 Å². The van der Waals surface area contributed by atoms with E-state index in [9.17, 15) is 13.2 Å². The van der Waals surface area contributed by atoms with E-state index in [0.717, 1.165) is 25.6 Å². The number of rotatable bonds is 6. The van der Waals surface area contributed by atoms with Crippen LogP contribution in [0.4, 0.5) is 24.8 Å². The number of hydrogen-bond acceptors (Lipinski definition) is 7. The molecule has 6 rings (SSSR count). The molecule has 1 N–H and O–H groups in total. The van der Waals surface area contributed by atoms with Gasteiger partial charge in [0.1, 0.15) is 16.1 Å². The van der Waals surface area contributed by atoms with Gasteiger partial charge in [-0.25, -0.2) is 9.50 Å². The van der Waals surface area contributed by atoms with Crippen LogP contribution >= 0.6 is 11.6 Å². The minimum Gasteiger partial charge on any atom is -0.450 e. The summed E-state index contributed by atoms with van der Waals surface area (Å²) < 4.78 is 50.0. The van der Waals surface area contributed by atoms with E-state index in [-0.39, 0.29) is 22.4 Å². The summed E-state index contributed by atoms with van der Waals surface area (Å²) in [5.41, 5.74) is 1.55. The molecule has 0 spiro atoms. The Labute approximate surface area is 213 Å². The highest BCUT2D eigenvalue weighted by atomic mass is 35.5. The summed E-state index contributed by atoms with van der Waals surface area (Å²) in [5.74, 6) is 1.00. The molecule has 1 saturated heterocycles. The van der Waals surface area contributed by atoms with E-state index in [1.165, 1.54) is 12.3 Å². The second-order valence-electron chi connectivity index (χ2n) is 8.79. The fourth-order valence-corrected chi connectivity index (χ4v) is 4.55. The van der Waals surface area contributed by atoms with Gasteiger partial charge in [-0.2, -0.15) is 23.3 Å². The number of benzene rings is 1. The van der Waals surface area contributed by atoms with Crippen LogP contribution in [0, 0.1) is 0 Å². The van der Waals surface area contributed by atoms with E-state index in [1.807, 2.05) is 0 Å². The first-order valence-electron chi connectivity index (χ1n) is 11.4. The zero-order valence-corrected chi connectivity index (χ0v) is 20.3. The van der Waals surface area contributed by atoms with Crippen LogP contribution in [0.2, 0.25) is 5.02 Å². The molecule has 37 heavy (non-hydrogen) atoms. The molecule has 0 bridgehead atoms. The van der Waals surface area contributed by atoms with Crippen molar-refractivity contribution in [3.05, 3.63) is 65.3 Å². The standard InChI is InChI=1S/C24H20ClF3N8O/c1-34-21-20(25)19(37-18-12-31-36-6-3-29-10-17(18)36)11-30-22(21)33-23(34)32-16-8-14(13-35-4-2-5-35)7-15(9-16)24(26,27)28/h3,6-12H,2,4-5,13H2,1H3,(H,30,32,33). The molecule has 190 valence electrons. The Bertz CT molecular complexity index is 1630. The number of anilines is 2. The zero-order chi connectivity index (χ0) is 25.7. The first-order valence-corrected chi connectivity index (χ1v) is 11.8. The van der Waals surface area contributed by atoms with Crippen molar-refractivity contribution in [2.75, 3.05) is 18.4 Å². The third-order valence-electron chi connectivity index (χ3n) is 6.25. The van der Waals surface area contributed by atoms with E-state index in [4.69, 9.17) is 16.3 Å². The molecule has 0 unspecified atom stereocenters. The molecular weight excluding hydrogens is 509 g/mol. The average molecular weight is 529 g/mol. The van der Waals surface area contributed by atoms with Gasteiger partial charge in [-0.3, -0.25) is 9.88 Å². The Kier molecular flexibility index (Phi) is 5.64. The molecule has 1 aliphatic heterocycles. The van der Waals surface area contributed by atoms with Gasteiger partial charge in [-0.1, -0.05) is 11.6 Å². The lowest BCUT2D eigenvalue weighted by Crippen LogP contribution is -2.36. The molecule has 5 heterocycles. The molecule has 0 saturated carbocycles. The number of aryl methyl sites for hydroxylation is 1. The van der Waals surface area contributed by atoms with Gasteiger partial charge in [-0.15, -0.1) is 0 Å². The summed E-state index contributed by atoms with van der Waals surface area (Å²) in [6.45, 7) is 2.21.